The third-order valence-corrected chi connectivity index (χ3v) is 10.5. The first-order valence-electron chi connectivity index (χ1n) is 12.4. The van der Waals surface area contributed by atoms with E-state index in [4.69, 9.17) is 9.47 Å². The van der Waals surface area contributed by atoms with Crippen molar-refractivity contribution in [3.05, 3.63) is 35.4 Å². The van der Waals surface area contributed by atoms with Crippen molar-refractivity contribution in [2.45, 2.75) is 87.6 Å². The number of piperidine rings is 1. The van der Waals surface area contributed by atoms with Crippen LogP contribution in [0, 0.1) is 11.3 Å². The van der Waals surface area contributed by atoms with Crippen LogP contribution in [0.1, 0.15) is 64.0 Å². The molecule has 5 nitrogen and oxygen atoms in total. The van der Waals surface area contributed by atoms with Crippen LogP contribution in [-0.4, -0.2) is 58.7 Å². The van der Waals surface area contributed by atoms with Crippen LogP contribution in [0.2, 0.25) is 0 Å². The summed E-state index contributed by atoms with van der Waals surface area (Å²) in [5, 5.41) is 22.8. The lowest BCUT2D eigenvalue weighted by atomic mass is 9.32. The lowest BCUT2D eigenvalue weighted by molar-refractivity contribution is -0.286. The summed E-state index contributed by atoms with van der Waals surface area (Å²) >= 11 is 0. The van der Waals surface area contributed by atoms with Crippen molar-refractivity contribution in [2.24, 2.45) is 11.3 Å². The van der Waals surface area contributed by atoms with Gasteiger partial charge in [0.15, 0.2) is 11.5 Å². The molecule has 2 heterocycles. The fraction of sp³-hybridized carbons (Fsp3) is 0.704. The predicted octanol–water partition coefficient (Wildman–Crippen LogP) is 3.94. The maximum absolute atomic E-state index is 11.9. The van der Waals surface area contributed by atoms with Gasteiger partial charge in [0.2, 0.25) is 0 Å². The molecule has 0 unspecified atom stereocenters. The topological polar surface area (TPSA) is 62.2 Å². The summed E-state index contributed by atoms with van der Waals surface area (Å²) in [4.78, 5) is 2.52. The number of likely N-dealkylation sites (N-methyl/N-ethyl adjacent to an activating group) is 1. The minimum atomic E-state index is -0.873. The molecule has 1 aromatic rings. The van der Waals surface area contributed by atoms with Crippen LogP contribution >= 0.6 is 0 Å². The highest BCUT2D eigenvalue weighted by Gasteiger charge is 2.85. The predicted molar refractivity (Wildman–Crippen MR) is 123 cm³/mol. The molecule has 0 radical (unpaired) electrons. The van der Waals surface area contributed by atoms with Crippen LogP contribution in [-0.2, 0) is 16.6 Å². The Balaban J connectivity index is 1.66. The highest BCUT2D eigenvalue weighted by atomic mass is 16.6. The Bertz CT molecular complexity index is 1020. The number of hydrogen-bond donors (Lipinski definition) is 2. The maximum atomic E-state index is 11.9. The van der Waals surface area contributed by atoms with E-state index >= 15 is 0 Å². The molecular weight excluding hydrogens is 402 g/mol. The number of fused-ring (bicyclic) bond motifs is 1. The van der Waals surface area contributed by atoms with Crippen molar-refractivity contribution in [1.82, 2.24) is 4.90 Å². The Labute approximate surface area is 191 Å². The third kappa shape index (κ3) is 1.93. The van der Waals surface area contributed by atoms with Crippen LogP contribution < -0.4 is 4.74 Å². The van der Waals surface area contributed by atoms with Gasteiger partial charge in [0.05, 0.1) is 11.0 Å². The molecule has 2 spiro atoms. The van der Waals surface area contributed by atoms with Gasteiger partial charge in [-0.3, -0.25) is 0 Å². The molecule has 6 aliphatic rings. The molecule has 2 fully saturated rings. The number of nitrogens with zero attached hydrogens (tertiary/aromatic N) is 1. The van der Waals surface area contributed by atoms with Crippen LogP contribution in [0.5, 0.6) is 11.5 Å². The number of methoxy groups -OCH3 is 1. The fourth-order valence-electron chi connectivity index (χ4n) is 9.09. The minimum absolute atomic E-state index is 0.0957. The smallest absolute Gasteiger partial charge is 0.166 e. The molecule has 4 aliphatic carbocycles. The second-order valence-electron chi connectivity index (χ2n) is 11.5. The summed E-state index contributed by atoms with van der Waals surface area (Å²) < 4.78 is 13.4. The van der Waals surface area contributed by atoms with E-state index in [1.807, 2.05) is 6.92 Å². The Hall–Kier alpha value is -1.56. The van der Waals surface area contributed by atoms with Crippen LogP contribution in [0.4, 0.5) is 0 Å². The number of phenolic OH excluding ortho intramolecular Hbond substituents is 1. The first-order chi connectivity index (χ1) is 15.1. The highest BCUT2D eigenvalue weighted by molar-refractivity contribution is 5.67. The molecule has 2 aliphatic heterocycles. The van der Waals surface area contributed by atoms with Gasteiger partial charge in [0, 0.05) is 30.0 Å². The number of ether oxygens (including phenoxy) is 2. The lowest BCUT2D eigenvalue weighted by Crippen LogP contribution is -2.85. The van der Waals surface area contributed by atoms with Crippen LogP contribution in [0.25, 0.3) is 0 Å². The Kier molecular flexibility index (Phi) is 4.01. The van der Waals surface area contributed by atoms with E-state index in [0.717, 1.165) is 45.1 Å². The molecule has 0 amide bonds. The second kappa shape index (κ2) is 6.11. The summed E-state index contributed by atoms with van der Waals surface area (Å²) in [6, 6.07) is 4.23. The van der Waals surface area contributed by atoms with Crippen LogP contribution in [0.3, 0.4) is 0 Å². The zero-order chi connectivity index (χ0) is 22.7. The Morgan fingerprint density at radius 3 is 2.81 bits per heavy atom. The van der Waals surface area contributed by atoms with Crippen LogP contribution in [0.15, 0.2) is 24.3 Å². The van der Waals surface area contributed by atoms with E-state index in [-0.39, 0.29) is 22.5 Å². The molecule has 174 valence electrons. The molecule has 0 aromatic heterocycles. The minimum Gasteiger partial charge on any atom is -0.504 e. The highest BCUT2D eigenvalue weighted by Crippen LogP contribution is 2.79. The van der Waals surface area contributed by atoms with Crippen molar-refractivity contribution in [3.63, 3.8) is 0 Å². The van der Waals surface area contributed by atoms with E-state index in [1.54, 1.807) is 13.2 Å². The largest absolute Gasteiger partial charge is 0.504 e. The average Bonchev–Trinajstić information content (AvgIpc) is 3.07. The number of benzene rings is 1. The molecule has 7 atom stereocenters. The van der Waals surface area contributed by atoms with Gasteiger partial charge >= 0.3 is 0 Å². The van der Waals surface area contributed by atoms with Gasteiger partial charge in [-0.05, 0) is 64.8 Å². The van der Waals surface area contributed by atoms with Crippen molar-refractivity contribution in [3.8, 4) is 11.5 Å². The second-order valence-corrected chi connectivity index (χ2v) is 11.5. The first-order valence-corrected chi connectivity index (χ1v) is 12.4. The van der Waals surface area contributed by atoms with Gasteiger partial charge in [-0.1, -0.05) is 38.0 Å². The van der Waals surface area contributed by atoms with Crippen molar-refractivity contribution >= 4 is 0 Å². The number of phenols is 1. The van der Waals surface area contributed by atoms with Crippen molar-refractivity contribution in [2.75, 3.05) is 20.7 Å². The zero-order valence-electron chi connectivity index (χ0n) is 20.1. The molecule has 1 aromatic carbocycles. The standard InChI is InChI=1S/C27H37NO4/c1-6-7-10-23(2,30)19-16-25-11-12-27(19,31-5)24(3)26(25)13-14-28(4)20(25)15-17-8-9-18(29)22(32-24)21(17)26/h8-9,11-12,19-20,29-30H,6-7,10,13-16H2,1-5H3/t19-,20-,23-,24-,25+,26-,27-/m0/s1. The lowest BCUT2D eigenvalue weighted by Gasteiger charge is -2.75. The monoisotopic (exact) mass is 439 g/mol. The summed E-state index contributed by atoms with van der Waals surface area (Å²) in [6.45, 7) is 7.37. The third-order valence-electron chi connectivity index (χ3n) is 10.5. The van der Waals surface area contributed by atoms with Gasteiger partial charge in [0.25, 0.3) is 0 Å². The van der Waals surface area contributed by atoms with E-state index in [0.29, 0.717) is 11.8 Å². The molecule has 7 rings (SSSR count). The number of likely N-dealkylation sites (tertiary alicyclic amines) is 1. The van der Waals surface area contributed by atoms with E-state index in [9.17, 15) is 10.2 Å². The summed E-state index contributed by atoms with van der Waals surface area (Å²) in [7, 11) is 4.02. The molecule has 4 bridgehead atoms. The molecule has 32 heavy (non-hydrogen) atoms. The van der Waals surface area contributed by atoms with E-state index in [1.165, 1.54) is 11.1 Å². The first kappa shape index (κ1) is 21.0. The summed E-state index contributed by atoms with van der Waals surface area (Å²) in [5.41, 5.74) is -0.290. The molecule has 1 saturated heterocycles. The Morgan fingerprint density at radius 1 is 1.31 bits per heavy atom. The average molecular weight is 440 g/mol. The maximum Gasteiger partial charge on any atom is 0.166 e. The van der Waals surface area contributed by atoms with Gasteiger partial charge in [-0.2, -0.15) is 0 Å². The Morgan fingerprint density at radius 2 is 2.09 bits per heavy atom. The van der Waals surface area contributed by atoms with Gasteiger partial charge in [-0.15, -0.1) is 0 Å². The van der Waals surface area contributed by atoms with Crippen molar-refractivity contribution < 1.29 is 19.7 Å². The number of unbranched alkanes of at least 4 members (excludes halogenated alkanes) is 1. The van der Waals surface area contributed by atoms with Gasteiger partial charge in [-0.25, -0.2) is 0 Å². The van der Waals surface area contributed by atoms with E-state index < -0.39 is 16.8 Å². The van der Waals surface area contributed by atoms with Gasteiger partial charge < -0.3 is 24.6 Å². The quantitative estimate of drug-likeness (QED) is 0.681. The molecule has 5 heteroatoms. The van der Waals surface area contributed by atoms with Crippen molar-refractivity contribution in [1.29, 1.82) is 0 Å². The molecule has 1 saturated carbocycles. The number of hydrogen-bond acceptors (Lipinski definition) is 5. The number of rotatable bonds is 5. The molecular formula is C27H37NO4. The summed E-state index contributed by atoms with van der Waals surface area (Å²) in [6.07, 6.45) is 10.2. The number of aliphatic hydroxyl groups is 1. The SMILES string of the molecule is CCCC[C@](C)(O)[C@@H]1C[C@@]23C=C[C@@]1(OC)[C@@]1(C)Oc4c(O)ccc5c4[C@@]12CCN(C)[C@H]3C5. The fourth-order valence-corrected chi connectivity index (χ4v) is 9.09. The van der Waals surface area contributed by atoms with E-state index in [2.05, 4.69) is 44.0 Å². The number of aromatic hydroxyl groups is 1. The summed E-state index contributed by atoms with van der Waals surface area (Å²) in [5.74, 6) is 0.777. The molecule has 2 N–H and O–H groups in total. The van der Waals surface area contributed by atoms with Gasteiger partial charge in [0.1, 0.15) is 11.2 Å². The zero-order valence-corrected chi connectivity index (χ0v) is 20.1. The normalized spacial score (nSPS) is 44.8.